The van der Waals surface area contributed by atoms with Crippen LogP contribution >= 0.6 is 0 Å². The first-order valence-corrected chi connectivity index (χ1v) is 8.35. The van der Waals surface area contributed by atoms with Crippen LogP contribution in [0.4, 0.5) is 9.18 Å². The van der Waals surface area contributed by atoms with E-state index in [-0.39, 0.29) is 5.75 Å². The summed E-state index contributed by atoms with van der Waals surface area (Å²) in [5.41, 5.74) is -0.482. The van der Waals surface area contributed by atoms with Crippen LogP contribution < -0.4 is 16.0 Å². The Hall–Kier alpha value is -2.51. The van der Waals surface area contributed by atoms with E-state index in [0.717, 1.165) is 0 Å². The Morgan fingerprint density at radius 3 is 2.42 bits per heavy atom. The predicted octanol–water partition coefficient (Wildman–Crippen LogP) is 2.50. The average molecular weight is 368 g/mol. The van der Waals surface area contributed by atoms with Gasteiger partial charge in [-0.2, -0.15) is 0 Å². The number of nitrogens with one attached hydrogen (secondary N) is 3. The Morgan fingerprint density at radius 2 is 1.88 bits per heavy atom. The molecule has 0 aliphatic carbocycles. The van der Waals surface area contributed by atoms with Crippen LogP contribution in [0.5, 0.6) is 5.75 Å². The first-order chi connectivity index (χ1) is 11.9. The number of phenols is 1. The van der Waals surface area contributed by atoms with Crippen molar-refractivity contribution in [3.05, 3.63) is 29.6 Å². The fourth-order valence-electron chi connectivity index (χ4n) is 2.00. The molecule has 1 amide bonds. The van der Waals surface area contributed by atoms with Crippen LogP contribution in [0.1, 0.15) is 40.2 Å². The maximum absolute atomic E-state index is 13.4. The van der Waals surface area contributed by atoms with Gasteiger partial charge in [-0.25, -0.2) is 9.18 Å². The van der Waals surface area contributed by atoms with Gasteiger partial charge in [0.2, 0.25) is 0 Å². The number of carbonyl (C=O) groups excluding carboxylic acids is 1. The highest BCUT2D eigenvalue weighted by Crippen LogP contribution is 2.15. The smallest absolute Gasteiger partial charge is 0.408 e. The predicted molar refractivity (Wildman–Crippen MR) is 99.7 cm³/mol. The summed E-state index contributed by atoms with van der Waals surface area (Å²) in [6, 6.07) is 4.17. The van der Waals surface area contributed by atoms with Gasteiger partial charge in [0, 0.05) is 20.1 Å². The Bertz CT molecular complexity index is 654. The lowest BCUT2D eigenvalue weighted by Gasteiger charge is -2.29. The minimum Gasteiger partial charge on any atom is -0.505 e. The number of benzene rings is 1. The van der Waals surface area contributed by atoms with Gasteiger partial charge in [0.15, 0.2) is 17.5 Å². The topological polar surface area (TPSA) is 95.0 Å². The maximum atomic E-state index is 13.4. The number of nitrogens with zero attached hydrogens (tertiary/aromatic N) is 1. The molecule has 146 valence electrons. The molecule has 1 aromatic rings. The van der Waals surface area contributed by atoms with E-state index in [1.807, 2.05) is 13.8 Å². The van der Waals surface area contributed by atoms with E-state index < -0.39 is 23.1 Å². The lowest BCUT2D eigenvalue weighted by molar-refractivity contribution is 0.0474. The van der Waals surface area contributed by atoms with Crippen molar-refractivity contribution in [1.82, 2.24) is 16.0 Å². The summed E-state index contributed by atoms with van der Waals surface area (Å²) in [5, 5.41) is 18.1. The standard InChI is InChI=1S/C18H29FN4O3/c1-17(2,3)26-16(25)23-18(4,5)11-22-15(20-6)21-10-12-7-8-14(24)13(19)9-12/h7-9,24H,10-11H2,1-6H3,(H,23,25)(H2,20,21,22). The van der Waals surface area contributed by atoms with Crippen molar-refractivity contribution < 1.29 is 19.0 Å². The van der Waals surface area contributed by atoms with Gasteiger partial charge in [-0.1, -0.05) is 6.07 Å². The fourth-order valence-corrected chi connectivity index (χ4v) is 2.00. The molecule has 0 saturated carbocycles. The molecule has 7 nitrogen and oxygen atoms in total. The number of ether oxygens (including phenoxy) is 1. The molecular formula is C18H29FN4O3. The minimum atomic E-state index is -0.671. The molecule has 1 rings (SSSR count). The summed E-state index contributed by atoms with van der Waals surface area (Å²) in [4.78, 5) is 16.0. The summed E-state index contributed by atoms with van der Waals surface area (Å²) in [5.74, 6) is -0.557. The first kappa shape index (κ1) is 21.5. The zero-order chi connectivity index (χ0) is 20.0. The van der Waals surface area contributed by atoms with E-state index in [9.17, 15) is 14.3 Å². The van der Waals surface area contributed by atoms with Crippen LogP contribution in [0.15, 0.2) is 23.2 Å². The SMILES string of the molecule is CN=C(NCc1ccc(O)c(F)c1)NCC(C)(C)NC(=O)OC(C)(C)C. The van der Waals surface area contributed by atoms with Gasteiger partial charge in [0.25, 0.3) is 0 Å². The second-order valence-electron chi connectivity index (χ2n) is 7.58. The van der Waals surface area contributed by atoms with Gasteiger partial charge in [-0.3, -0.25) is 4.99 Å². The first-order valence-electron chi connectivity index (χ1n) is 8.35. The number of phenolic OH excluding ortho intramolecular Hbond substituents is 1. The van der Waals surface area contributed by atoms with Crippen LogP contribution in [0.3, 0.4) is 0 Å². The van der Waals surface area contributed by atoms with Crippen molar-refractivity contribution in [3.8, 4) is 5.75 Å². The van der Waals surface area contributed by atoms with Crippen LogP contribution in [0, 0.1) is 5.82 Å². The molecule has 0 saturated heterocycles. The summed E-state index contributed by atoms with van der Waals surface area (Å²) in [7, 11) is 1.61. The molecule has 0 spiro atoms. The molecule has 0 aliphatic heterocycles. The third kappa shape index (κ3) is 8.04. The van der Waals surface area contributed by atoms with E-state index in [1.165, 1.54) is 12.1 Å². The quantitative estimate of drug-likeness (QED) is 0.473. The Morgan fingerprint density at radius 1 is 1.23 bits per heavy atom. The molecule has 0 atom stereocenters. The second-order valence-corrected chi connectivity index (χ2v) is 7.58. The summed E-state index contributed by atoms with van der Waals surface area (Å²) < 4.78 is 18.6. The van der Waals surface area contributed by atoms with Crippen molar-refractivity contribution in [2.24, 2.45) is 4.99 Å². The van der Waals surface area contributed by atoms with Gasteiger partial charge in [-0.15, -0.1) is 0 Å². The van der Waals surface area contributed by atoms with Crippen molar-refractivity contribution in [3.63, 3.8) is 0 Å². The Balaban J connectivity index is 2.51. The number of aliphatic imine (C=N–C) groups is 1. The highest BCUT2D eigenvalue weighted by Gasteiger charge is 2.24. The van der Waals surface area contributed by atoms with Gasteiger partial charge >= 0.3 is 6.09 Å². The summed E-state index contributed by atoms with van der Waals surface area (Å²) in [6.07, 6.45) is -0.494. The zero-order valence-corrected chi connectivity index (χ0v) is 16.2. The fraction of sp³-hybridized carbons (Fsp3) is 0.556. The Kier molecular flexibility index (Phi) is 7.23. The highest BCUT2D eigenvalue weighted by atomic mass is 19.1. The number of hydrogen-bond acceptors (Lipinski definition) is 4. The number of hydrogen-bond donors (Lipinski definition) is 4. The molecule has 8 heteroatoms. The van der Waals surface area contributed by atoms with E-state index in [0.29, 0.717) is 24.6 Å². The number of rotatable bonds is 5. The van der Waals surface area contributed by atoms with Gasteiger partial charge < -0.3 is 25.8 Å². The molecule has 26 heavy (non-hydrogen) atoms. The van der Waals surface area contributed by atoms with Gasteiger partial charge in [-0.05, 0) is 52.3 Å². The zero-order valence-electron chi connectivity index (χ0n) is 16.2. The lowest BCUT2D eigenvalue weighted by Crippen LogP contribution is -2.54. The van der Waals surface area contributed by atoms with E-state index >= 15 is 0 Å². The Labute approximate surface area is 154 Å². The molecular weight excluding hydrogens is 339 g/mol. The summed E-state index contributed by atoms with van der Waals surface area (Å²) in [6.45, 7) is 9.84. The lowest BCUT2D eigenvalue weighted by atomic mass is 10.1. The van der Waals surface area contributed by atoms with Gasteiger partial charge in [0.1, 0.15) is 5.60 Å². The average Bonchev–Trinajstić information content (AvgIpc) is 2.48. The van der Waals surface area contributed by atoms with E-state index in [2.05, 4.69) is 20.9 Å². The third-order valence-corrected chi connectivity index (χ3v) is 3.23. The van der Waals surface area contributed by atoms with Crippen LogP contribution in [-0.2, 0) is 11.3 Å². The maximum Gasteiger partial charge on any atom is 0.408 e. The number of guanidine groups is 1. The summed E-state index contributed by atoms with van der Waals surface area (Å²) >= 11 is 0. The van der Waals surface area contributed by atoms with E-state index in [1.54, 1.807) is 33.9 Å². The van der Waals surface area contributed by atoms with Crippen molar-refractivity contribution in [2.75, 3.05) is 13.6 Å². The molecule has 0 aromatic heterocycles. The van der Waals surface area contributed by atoms with Crippen LogP contribution in [0.2, 0.25) is 0 Å². The second kappa shape index (κ2) is 8.73. The van der Waals surface area contributed by atoms with Crippen LogP contribution in [-0.4, -0.2) is 41.9 Å². The molecule has 0 bridgehead atoms. The molecule has 0 radical (unpaired) electrons. The van der Waals surface area contributed by atoms with Crippen LogP contribution in [0.25, 0.3) is 0 Å². The number of amides is 1. The number of halogens is 1. The minimum absolute atomic E-state index is 0.330. The third-order valence-electron chi connectivity index (χ3n) is 3.23. The molecule has 0 fully saturated rings. The molecule has 0 heterocycles. The number of alkyl carbamates (subject to hydrolysis) is 1. The van der Waals surface area contributed by atoms with E-state index in [4.69, 9.17) is 4.74 Å². The van der Waals surface area contributed by atoms with Crippen molar-refractivity contribution in [2.45, 2.75) is 52.3 Å². The number of aromatic hydroxyl groups is 1. The normalized spacial score (nSPS) is 12.5. The number of carbonyl (C=O) groups is 1. The van der Waals surface area contributed by atoms with Crippen molar-refractivity contribution in [1.29, 1.82) is 0 Å². The molecule has 0 aliphatic rings. The van der Waals surface area contributed by atoms with Crippen molar-refractivity contribution >= 4 is 12.1 Å². The monoisotopic (exact) mass is 368 g/mol. The molecule has 4 N–H and O–H groups in total. The van der Waals surface area contributed by atoms with Gasteiger partial charge in [0.05, 0.1) is 5.54 Å². The molecule has 1 aromatic carbocycles. The molecule has 0 unspecified atom stereocenters. The highest BCUT2D eigenvalue weighted by molar-refractivity contribution is 5.79. The largest absolute Gasteiger partial charge is 0.505 e.